The van der Waals surface area contributed by atoms with Gasteiger partial charge in [0.1, 0.15) is 4.87 Å². The van der Waals surface area contributed by atoms with Crippen molar-refractivity contribution in [1.29, 1.82) is 0 Å². The minimum absolute atomic E-state index is 0.0128. The fourth-order valence-corrected chi connectivity index (χ4v) is 5.51. The summed E-state index contributed by atoms with van der Waals surface area (Å²) in [6, 6.07) is 8.26. The number of thioether (sulfide) groups is 1. The van der Waals surface area contributed by atoms with Crippen molar-refractivity contribution in [2.75, 3.05) is 18.8 Å². The first-order chi connectivity index (χ1) is 13.6. The summed E-state index contributed by atoms with van der Waals surface area (Å²) in [5.41, 5.74) is 2.10. The van der Waals surface area contributed by atoms with Crippen molar-refractivity contribution in [1.82, 2.24) is 10.2 Å². The first-order valence-electron chi connectivity index (χ1n) is 10.8. The number of amides is 2. The fourth-order valence-electron chi connectivity index (χ4n) is 4.02. The quantitative estimate of drug-likeness (QED) is 0.790. The van der Waals surface area contributed by atoms with Crippen LogP contribution in [-0.4, -0.2) is 52.5 Å². The molecule has 29 heavy (non-hydrogen) atoms. The highest BCUT2D eigenvalue weighted by molar-refractivity contribution is 8.00. The van der Waals surface area contributed by atoms with Gasteiger partial charge < -0.3 is 15.5 Å². The minimum Gasteiger partial charge on any atom is -0.348 e. The molecule has 160 valence electrons. The van der Waals surface area contributed by atoms with Crippen LogP contribution >= 0.6 is 11.8 Å². The predicted octanol–water partition coefficient (Wildman–Crippen LogP) is 2.51. The Morgan fingerprint density at radius 2 is 1.86 bits per heavy atom. The Bertz CT molecular complexity index is 733. The number of nitrogens with zero attached hydrogens (tertiary/aromatic N) is 1. The first-order valence-corrected chi connectivity index (χ1v) is 11.8. The monoisotopic (exact) mass is 418 g/mol. The van der Waals surface area contributed by atoms with Crippen LogP contribution in [0, 0.1) is 0 Å². The number of carbonyl (C=O) groups excluding carboxylic acids is 2. The molecule has 0 radical (unpaired) electrons. The molecule has 2 atom stereocenters. The lowest BCUT2D eigenvalue weighted by Crippen LogP contribution is -3.00. The number of quaternary nitrogens is 1. The lowest BCUT2D eigenvalue weighted by molar-refractivity contribution is -0.714. The van der Waals surface area contributed by atoms with E-state index in [0.29, 0.717) is 0 Å². The van der Waals surface area contributed by atoms with E-state index in [1.165, 1.54) is 5.56 Å². The van der Waals surface area contributed by atoms with Gasteiger partial charge in [0.15, 0.2) is 6.04 Å². The summed E-state index contributed by atoms with van der Waals surface area (Å²) in [4.78, 5) is 27.4. The fraction of sp³-hybridized carbons (Fsp3) is 0.652. The van der Waals surface area contributed by atoms with Crippen molar-refractivity contribution >= 4 is 23.6 Å². The number of nitrogens with two attached hydrogens (primary N) is 1. The summed E-state index contributed by atoms with van der Waals surface area (Å²) < 4.78 is 0. The van der Waals surface area contributed by atoms with Gasteiger partial charge in [-0.05, 0) is 36.5 Å². The summed E-state index contributed by atoms with van der Waals surface area (Å²) in [7, 11) is 0. The van der Waals surface area contributed by atoms with E-state index >= 15 is 0 Å². The lowest BCUT2D eigenvalue weighted by Gasteiger charge is -2.36. The van der Waals surface area contributed by atoms with Crippen LogP contribution in [0.5, 0.6) is 0 Å². The third-order valence-corrected chi connectivity index (χ3v) is 7.93. The average Bonchev–Trinajstić information content (AvgIpc) is 3.11. The van der Waals surface area contributed by atoms with Crippen LogP contribution in [-0.2, 0) is 10.2 Å². The molecule has 0 bridgehead atoms. The molecule has 2 aliphatic heterocycles. The molecule has 0 saturated carbocycles. The summed E-state index contributed by atoms with van der Waals surface area (Å²) in [5, 5.41) is 5.37. The third kappa shape index (κ3) is 5.15. The van der Waals surface area contributed by atoms with Crippen molar-refractivity contribution in [3.63, 3.8) is 0 Å². The molecular formula is C23H36N3O2S+. The minimum atomic E-state index is -0.0128. The molecule has 2 aliphatic rings. The number of likely N-dealkylation sites (tertiary alicyclic amines) is 1. The maximum absolute atomic E-state index is 12.9. The van der Waals surface area contributed by atoms with Gasteiger partial charge in [-0.25, -0.2) is 0 Å². The van der Waals surface area contributed by atoms with E-state index in [-0.39, 0.29) is 34.2 Å². The smallest absolute Gasteiger partial charge is 0.279 e. The summed E-state index contributed by atoms with van der Waals surface area (Å²) >= 11 is 1.90. The third-order valence-electron chi connectivity index (χ3n) is 6.29. The van der Waals surface area contributed by atoms with Crippen molar-refractivity contribution in [2.24, 2.45) is 0 Å². The van der Waals surface area contributed by atoms with Gasteiger partial charge in [0.05, 0.1) is 5.75 Å². The van der Waals surface area contributed by atoms with Crippen LogP contribution in [0.4, 0.5) is 0 Å². The van der Waals surface area contributed by atoms with Gasteiger partial charge >= 0.3 is 0 Å². The number of nitrogens with one attached hydrogen (secondary N) is 1. The molecule has 0 unspecified atom stereocenters. The maximum Gasteiger partial charge on any atom is 0.279 e. The molecule has 3 N–H and O–H groups in total. The standard InChI is InChI=1S/C23H35N3O2S/c1-6-16(2)24-20(27)19-15-29-23(25-19)11-13-26(14-12-23)21(28)17-7-9-18(10-8-17)22(3,4)5/h7-10,16,19,25H,6,11-15H2,1-5H3,(H,24,27)/p+1/t16-,19+/m1/s1. The van der Waals surface area contributed by atoms with Gasteiger partial charge in [-0.15, -0.1) is 0 Å². The highest BCUT2D eigenvalue weighted by atomic mass is 32.2. The first kappa shape index (κ1) is 22.2. The van der Waals surface area contributed by atoms with Crippen LogP contribution < -0.4 is 10.6 Å². The molecule has 3 rings (SSSR count). The Morgan fingerprint density at radius 3 is 2.41 bits per heavy atom. The molecule has 2 amide bonds. The summed E-state index contributed by atoms with van der Waals surface area (Å²) in [5.74, 6) is 1.13. The largest absolute Gasteiger partial charge is 0.348 e. The molecule has 1 aromatic carbocycles. The Labute approximate surface area is 179 Å². The molecule has 2 fully saturated rings. The number of benzene rings is 1. The second-order valence-electron chi connectivity index (χ2n) is 9.59. The second kappa shape index (κ2) is 8.68. The van der Waals surface area contributed by atoms with Crippen molar-refractivity contribution in [3.8, 4) is 0 Å². The number of hydrogen-bond acceptors (Lipinski definition) is 3. The number of hydrogen-bond donors (Lipinski definition) is 2. The van der Waals surface area contributed by atoms with E-state index in [2.05, 4.69) is 50.5 Å². The lowest BCUT2D eigenvalue weighted by atomic mass is 9.86. The molecule has 5 nitrogen and oxygen atoms in total. The molecule has 0 aromatic heterocycles. The topological polar surface area (TPSA) is 66.0 Å². The van der Waals surface area contributed by atoms with E-state index in [4.69, 9.17) is 0 Å². The van der Waals surface area contributed by atoms with Gasteiger partial charge in [-0.2, -0.15) is 0 Å². The Kier molecular flexibility index (Phi) is 6.64. The van der Waals surface area contributed by atoms with Crippen molar-refractivity contribution in [3.05, 3.63) is 35.4 Å². The Hall–Kier alpha value is -1.53. The summed E-state index contributed by atoms with van der Waals surface area (Å²) in [6.45, 7) is 12.2. The number of piperidine rings is 1. The maximum atomic E-state index is 12.9. The van der Waals surface area contributed by atoms with E-state index in [0.717, 1.165) is 43.7 Å². The Balaban J connectivity index is 1.55. The zero-order valence-electron chi connectivity index (χ0n) is 18.5. The summed E-state index contributed by atoms with van der Waals surface area (Å²) in [6.07, 6.45) is 2.80. The van der Waals surface area contributed by atoms with E-state index in [1.807, 2.05) is 35.7 Å². The zero-order chi connectivity index (χ0) is 21.2. The van der Waals surface area contributed by atoms with Crippen molar-refractivity contribution < 1.29 is 14.9 Å². The highest BCUT2D eigenvalue weighted by Gasteiger charge is 2.48. The SMILES string of the molecule is CC[C@@H](C)NC(=O)[C@@H]1CSC2(CCN(C(=O)c3ccc(C(C)(C)C)cc3)CC2)[NH2+]1. The van der Waals surface area contributed by atoms with Gasteiger partial charge in [0.25, 0.3) is 11.8 Å². The van der Waals surface area contributed by atoms with Crippen LogP contribution in [0.25, 0.3) is 0 Å². The molecule has 2 heterocycles. The zero-order valence-corrected chi connectivity index (χ0v) is 19.3. The van der Waals surface area contributed by atoms with E-state index in [9.17, 15) is 9.59 Å². The molecule has 6 heteroatoms. The van der Waals surface area contributed by atoms with Gasteiger partial charge in [-0.1, -0.05) is 51.6 Å². The highest BCUT2D eigenvalue weighted by Crippen LogP contribution is 2.34. The molecule has 1 aromatic rings. The van der Waals surface area contributed by atoms with E-state index in [1.54, 1.807) is 0 Å². The van der Waals surface area contributed by atoms with Crippen LogP contribution in [0.2, 0.25) is 0 Å². The van der Waals surface area contributed by atoms with Gasteiger partial charge in [0.2, 0.25) is 0 Å². The normalized spacial score (nSPS) is 22.5. The van der Waals surface area contributed by atoms with E-state index < -0.39 is 0 Å². The molecular weight excluding hydrogens is 382 g/mol. The van der Waals surface area contributed by atoms with Crippen LogP contribution in [0.1, 0.15) is 69.8 Å². The predicted molar refractivity (Wildman–Crippen MR) is 119 cm³/mol. The second-order valence-corrected chi connectivity index (χ2v) is 11.0. The average molecular weight is 419 g/mol. The van der Waals surface area contributed by atoms with Gasteiger partial charge in [-0.3, -0.25) is 9.59 Å². The number of rotatable bonds is 4. The Morgan fingerprint density at radius 1 is 1.24 bits per heavy atom. The molecule has 1 spiro atoms. The molecule has 2 saturated heterocycles. The molecule has 0 aliphatic carbocycles. The van der Waals surface area contributed by atoms with Crippen molar-refractivity contribution in [2.45, 2.75) is 76.3 Å². The van der Waals surface area contributed by atoms with Crippen LogP contribution in [0.3, 0.4) is 0 Å². The number of carbonyl (C=O) groups is 2. The van der Waals surface area contributed by atoms with Gasteiger partial charge in [0, 0.05) is 37.5 Å². The van der Waals surface area contributed by atoms with Crippen LogP contribution in [0.15, 0.2) is 24.3 Å².